The van der Waals surface area contributed by atoms with Crippen LogP contribution in [0.3, 0.4) is 0 Å². The minimum atomic E-state index is 0.352. The maximum absolute atomic E-state index is 5.70. The molecule has 172 valence electrons. The predicted octanol–water partition coefficient (Wildman–Crippen LogP) is 4.76. The Bertz CT molecular complexity index is 1010. The van der Waals surface area contributed by atoms with E-state index in [2.05, 4.69) is 108 Å². The van der Waals surface area contributed by atoms with Crippen LogP contribution < -0.4 is 15.0 Å². The Morgan fingerprint density at radius 3 is 2.24 bits per heavy atom. The largest absolute Gasteiger partial charge is 0.496 e. The molecule has 4 unspecified atom stereocenters. The van der Waals surface area contributed by atoms with Gasteiger partial charge in [-0.1, -0.05) is 60.7 Å². The summed E-state index contributed by atoms with van der Waals surface area (Å²) >= 11 is 0. The molecule has 2 saturated heterocycles. The zero-order valence-corrected chi connectivity index (χ0v) is 19.9. The summed E-state index contributed by atoms with van der Waals surface area (Å²) in [7, 11) is 5.94. The average Bonchev–Trinajstić information content (AvgIpc) is 3.46. The third kappa shape index (κ3) is 4.38. The Labute approximate surface area is 198 Å². The SMILES string of the molecule is COc1ccc(N(C)C)cc1CNC1C2CCN(C2)C1C(c1ccccc1)c1ccccc1. The molecule has 1 N–H and O–H groups in total. The summed E-state index contributed by atoms with van der Waals surface area (Å²) in [5.41, 5.74) is 5.23. The lowest BCUT2D eigenvalue weighted by Gasteiger charge is -2.39. The lowest BCUT2D eigenvalue weighted by atomic mass is 9.78. The van der Waals surface area contributed by atoms with Gasteiger partial charge >= 0.3 is 0 Å². The van der Waals surface area contributed by atoms with Crippen LogP contribution in [0.15, 0.2) is 78.9 Å². The van der Waals surface area contributed by atoms with E-state index in [1.807, 2.05) is 0 Å². The van der Waals surface area contributed by atoms with Crippen molar-refractivity contribution in [2.45, 2.75) is 31.0 Å². The fraction of sp³-hybridized carbons (Fsp3) is 0.379. The number of ether oxygens (including phenoxy) is 1. The van der Waals surface area contributed by atoms with E-state index in [1.165, 1.54) is 41.9 Å². The maximum Gasteiger partial charge on any atom is 0.123 e. The first-order valence-corrected chi connectivity index (χ1v) is 12.1. The zero-order valence-electron chi connectivity index (χ0n) is 19.9. The minimum absolute atomic E-state index is 0.352. The molecule has 0 amide bonds. The van der Waals surface area contributed by atoms with Crippen molar-refractivity contribution in [3.8, 4) is 5.75 Å². The van der Waals surface area contributed by atoms with E-state index in [9.17, 15) is 0 Å². The molecular weight excluding hydrogens is 406 g/mol. The topological polar surface area (TPSA) is 27.7 Å². The van der Waals surface area contributed by atoms with Crippen LogP contribution in [0.25, 0.3) is 0 Å². The Kier molecular flexibility index (Phi) is 6.39. The van der Waals surface area contributed by atoms with Crippen LogP contribution in [0.2, 0.25) is 0 Å². The summed E-state index contributed by atoms with van der Waals surface area (Å²) in [4.78, 5) is 4.87. The normalized spacial score (nSPS) is 23.8. The van der Waals surface area contributed by atoms with E-state index in [-0.39, 0.29) is 0 Å². The first-order chi connectivity index (χ1) is 16.2. The van der Waals surface area contributed by atoms with Crippen molar-refractivity contribution in [2.75, 3.05) is 39.2 Å². The Morgan fingerprint density at radius 2 is 1.64 bits per heavy atom. The second-order valence-corrected chi connectivity index (χ2v) is 9.63. The summed E-state index contributed by atoms with van der Waals surface area (Å²) in [6.07, 6.45) is 1.28. The quantitative estimate of drug-likeness (QED) is 0.546. The molecule has 2 heterocycles. The molecule has 2 aliphatic heterocycles. The number of hydrogen-bond donors (Lipinski definition) is 1. The van der Waals surface area contributed by atoms with Crippen LogP contribution in [0.4, 0.5) is 5.69 Å². The predicted molar refractivity (Wildman–Crippen MR) is 136 cm³/mol. The van der Waals surface area contributed by atoms with Gasteiger partial charge in [0.1, 0.15) is 5.75 Å². The molecule has 33 heavy (non-hydrogen) atoms. The van der Waals surface area contributed by atoms with Crippen LogP contribution in [-0.4, -0.2) is 51.3 Å². The van der Waals surface area contributed by atoms with E-state index in [4.69, 9.17) is 4.74 Å². The van der Waals surface area contributed by atoms with Gasteiger partial charge in [-0.25, -0.2) is 0 Å². The van der Waals surface area contributed by atoms with Gasteiger partial charge in [0.05, 0.1) is 7.11 Å². The Morgan fingerprint density at radius 1 is 0.970 bits per heavy atom. The highest BCUT2D eigenvalue weighted by atomic mass is 16.5. The van der Waals surface area contributed by atoms with E-state index in [0.717, 1.165) is 12.3 Å². The molecule has 2 aliphatic rings. The van der Waals surface area contributed by atoms with Crippen LogP contribution in [0.5, 0.6) is 5.75 Å². The Balaban J connectivity index is 1.46. The van der Waals surface area contributed by atoms with Crippen LogP contribution in [0.1, 0.15) is 29.0 Å². The van der Waals surface area contributed by atoms with Crippen LogP contribution in [-0.2, 0) is 6.54 Å². The summed E-state index contributed by atoms with van der Waals surface area (Å²) in [5.74, 6) is 1.99. The third-order valence-corrected chi connectivity index (χ3v) is 7.52. The van der Waals surface area contributed by atoms with E-state index in [1.54, 1.807) is 7.11 Å². The van der Waals surface area contributed by atoms with Gasteiger partial charge in [-0.15, -0.1) is 0 Å². The number of anilines is 1. The molecular formula is C29H35N3O. The van der Waals surface area contributed by atoms with Crippen molar-refractivity contribution in [3.05, 3.63) is 95.6 Å². The van der Waals surface area contributed by atoms with Crippen molar-refractivity contribution in [1.82, 2.24) is 10.2 Å². The number of methoxy groups -OCH3 is 1. The fourth-order valence-corrected chi connectivity index (χ4v) is 5.91. The molecule has 4 nitrogen and oxygen atoms in total. The van der Waals surface area contributed by atoms with Gasteiger partial charge in [0, 0.05) is 56.4 Å². The first-order valence-electron chi connectivity index (χ1n) is 12.1. The third-order valence-electron chi connectivity index (χ3n) is 7.52. The molecule has 4 atom stereocenters. The van der Waals surface area contributed by atoms with E-state index >= 15 is 0 Å². The highest BCUT2D eigenvalue weighted by Gasteiger charge is 2.49. The smallest absolute Gasteiger partial charge is 0.123 e. The summed E-state index contributed by atoms with van der Waals surface area (Å²) in [6.45, 7) is 3.20. The van der Waals surface area contributed by atoms with Gasteiger partial charge in [0.2, 0.25) is 0 Å². The number of piperidine rings is 1. The molecule has 0 aliphatic carbocycles. The number of benzene rings is 3. The van der Waals surface area contributed by atoms with Crippen molar-refractivity contribution in [1.29, 1.82) is 0 Å². The number of rotatable bonds is 8. The van der Waals surface area contributed by atoms with Crippen LogP contribution in [0, 0.1) is 5.92 Å². The molecule has 0 aromatic heterocycles. The molecule has 0 saturated carbocycles. The van der Waals surface area contributed by atoms with Gasteiger partial charge in [-0.05, 0) is 48.2 Å². The number of fused-ring (bicyclic) bond motifs is 2. The highest BCUT2D eigenvalue weighted by molar-refractivity contribution is 5.52. The summed E-state index contributed by atoms with van der Waals surface area (Å²) in [5, 5.41) is 4.00. The van der Waals surface area contributed by atoms with E-state index < -0.39 is 0 Å². The minimum Gasteiger partial charge on any atom is -0.496 e. The van der Waals surface area contributed by atoms with Gasteiger partial charge in [-0.2, -0.15) is 0 Å². The standard InChI is InChI=1S/C29H35N3O/c1-31(2)25-14-15-26(33-3)24(18-25)19-30-28-23-16-17-32(20-23)29(28)27(21-10-6-4-7-11-21)22-12-8-5-9-13-22/h4-15,18,23,27-30H,16-17,19-20H2,1-3H3. The van der Waals surface area contributed by atoms with Crippen molar-refractivity contribution < 1.29 is 4.74 Å². The molecule has 0 spiro atoms. The molecule has 2 fully saturated rings. The van der Waals surface area contributed by atoms with Gasteiger partial charge < -0.3 is 15.0 Å². The molecule has 0 radical (unpaired) electrons. The van der Waals surface area contributed by atoms with Crippen molar-refractivity contribution in [3.63, 3.8) is 0 Å². The maximum atomic E-state index is 5.70. The second kappa shape index (κ2) is 9.58. The zero-order chi connectivity index (χ0) is 22.8. The number of nitrogens with one attached hydrogen (secondary N) is 1. The van der Waals surface area contributed by atoms with Gasteiger partial charge in [-0.3, -0.25) is 4.90 Å². The lowest BCUT2D eigenvalue weighted by molar-refractivity contribution is 0.197. The van der Waals surface area contributed by atoms with E-state index in [0.29, 0.717) is 23.9 Å². The van der Waals surface area contributed by atoms with Gasteiger partial charge in [0.25, 0.3) is 0 Å². The lowest BCUT2D eigenvalue weighted by Crippen LogP contribution is -2.50. The molecule has 3 aromatic rings. The summed E-state index contributed by atoms with van der Waals surface area (Å²) < 4.78 is 5.70. The number of nitrogens with zero attached hydrogens (tertiary/aromatic N) is 2. The monoisotopic (exact) mass is 441 g/mol. The van der Waals surface area contributed by atoms with Crippen molar-refractivity contribution in [2.24, 2.45) is 5.92 Å². The number of hydrogen-bond acceptors (Lipinski definition) is 4. The molecule has 4 heteroatoms. The molecule has 3 aromatic carbocycles. The van der Waals surface area contributed by atoms with Crippen LogP contribution >= 0.6 is 0 Å². The molecule has 2 bridgehead atoms. The highest BCUT2D eigenvalue weighted by Crippen LogP contribution is 2.43. The van der Waals surface area contributed by atoms with Gasteiger partial charge in [0.15, 0.2) is 0 Å². The average molecular weight is 442 g/mol. The summed E-state index contributed by atoms with van der Waals surface area (Å²) in [6, 6.07) is 29.5. The fourth-order valence-electron chi connectivity index (χ4n) is 5.91. The molecule has 5 rings (SSSR count). The van der Waals surface area contributed by atoms with Crippen molar-refractivity contribution >= 4 is 5.69 Å². The second-order valence-electron chi connectivity index (χ2n) is 9.63. The first kappa shape index (κ1) is 22.0. The Hall–Kier alpha value is -2.82.